The van der Waals surface area contributed by atoms with Gasteiger partial charge < -0.3 is 11.1 Å². The lowest BCUT2D eigenvalue weighted by molar-refractivity contribution is 0.363. The Hall–Kier alpha value is -0.0800. The summed E-state index contributed by atoms with van der Waals surface area (Å²) in [5.74, 6) is 0.906. The molecule has 0 aromatic heterocycles. The second kappa shape index (κ2) is 4.73. The van der Waals surface area contributed by atoms with Crippen LogP contribution in [-0.2, 0) is 0 Å². The molecule has 2 nitrogen and oxygen atoms in total. The summed E-state index contributed by atoms with van der Waals surface area (Å²) in [6.45, 7) is 0.821. The summed E-state index contributed by atoms with van der Waals surface area (Å²) < 4.78 is 0. The van der Waals surface area contributed by atoms with E-state index in [1.165, 1.54) is 25.7 Å². The molecular weight excluding hydrogens is 136 g/mol. The van der Waals surface area contributed by atoms with Crippen molar-refractivity contribution < 1.29 is 0 Å². The smallest absolute Gasteiger partial charge is 0.0104 e. The Kier molecular flexibility index (Phi) is 3.87. The predicted octanol–water partition coefficient (Wildman–Crippen LogP) is 1.11. The van der Waals surface area contributed by atoms with Crippen LogP contribution in [0.4, 0.5) is 0 Å². The SMILES string of the molecule is CNC(CCN)C1CCCC1. The highest BCUT2D eigenvalue weighted by molar-refractivity contribution is 4.79. The van der Waals surface area contributed by atoms with Gasteiger partial charge >= 0.3 is 0 Å². The Labute approximate surface area is 69.5 Å². The molecule has 0 radical (unpaired) electrons. The second-order valence-electron chi connectivity index (χ2n) is 3.52. The van der Waals surface area contributed by atoms with E-state index in [0.717, 1.165) is 18.9 Å². The highest BCUT2D eigenvalue weighted by Gasteiger charge is 2.22. The first kappa shape index (κ1) is 9.01. The maximum Gasteiger partial charge on any atom is 0.0104 e. The molecule has 0 aliphatic heterocycles. The molecule has 0 saturated heterocycles. The second-order valence-corrected chi connectivity index (χ2v) is 3.52. The molecule has 1 atom stereocenters. The van der Waals surface area contributed by atoms with Gasteiger partial charge in [-0.1, -0.05) is 12.8 Å². The van der Waals surface area contributed by atoms with Crippen molar-refractivity contribution in [2.24, 2.45) is 11.7 Å². The normalized spacial score (nSPS) is 22.4. The van der Waals surface area contributed by atoms with Crippen molar-refractivity contribution in [3.05, 3.63) is 0 Å². The van der Waals surface area contributed by atoms with Gasteiger partial charge in [-0.2, -0.15) is 0 Å². The van der Waals surface area contributed by atoms with E-state index in [0.29, 0.717) is 6.04 Å². The molecule has 0 heterocycles. The minimum Gasteiger partial charge on any atom is -0.330 e. The molecule has 0 aromatic rings. The topological polar surface area (TPSA) is 38.0 Å². The zero-order valence-corrected chi connectivity index (χ0v) is 7.47. The summed E-state index contributed by atoms with van der Waals surface area (Å²) in [5.41, 5.74) is 5.53. The summed E-state index contributed by atoms with van der Waals surface area (Å²) in [5, 5.41) is 3.36. The number of hydrogen-bond acceptors (Lipinski definition) is 2. The van der Waals surface area contributed by atoms with Crippen LogP contribution in [0, 0.1) is 5.92 Å². The van der Waals surface area contributed by atoms with E-state index in [2.05, 4.69) is 12.4 Å². The minimum absolute atomic E-state index is 0.683. The van der Waals surface area contributed by atoms with Gasteiger partial charge in [0.1, 0.15) is 0 Å². The molecule has 66 valence electrons. The highest BCUT2D eigenvalue weighted by Crippen LogP contribution is 2.28. The van der Waals surface area contributed by atoms with Crippen LogP contribution in [0.5, 0.6) is 0 Å². The molecule has 1 rings (SSSR count). The standard InChI is InChI=1S/C9H20N2/c1-11-9(6-7-10)8-4-2-3-5-8/h8-9,11H,2-7,10H2,1H3. The molecule has 1 aliphatic rings. The Morgan fingerprint density at radius 3 is 2.55 bits per heavy atom. The Bertz CT molecular complexity index is 97.7. The Balaban J connectivity index is 2.27. The monoisotopic (exact) mass is 156 g/mol. The van der Waals surface area contributed by atoms with Crippen LogP contribution in [0.2, 0.25) is 0 Å². The molecule has 3 N–H and O–H groups in total. The third kappa shape index (κ3) is 2.46. The molecule has 1 aliphatic carbocycles. The molecule has 2 heteroatoms. The maximum absolute atomic E-state index is 5.53. The molecule has 0 amide bonds. The van der Waals surface area contributed by atoms with E-state index in [1.807, 2.05) is 0 Å². The fraction of sp³-hybridized carbons (Fsp3) is 1.00. The quantitative estimate of drug-likeness (QED) is 0.640. The van der Waals surface area contributed by atoms with Crippen LogP contribution in [0.25, 0.3) is 0 Å². The summed E-state index contributed by atoms with van der Waals surface area (Å²) in [6.07, 6.45) is 6.80. The summed E-state index contributed by atoms with van der Waals surface area (Å²) >= 11 is 0. The molecule has 0 spiro atoms. The lowest BCUT2D eigenvalue weighted by Crippen LogP contribution is -2.34. The number of nitrogens with two attached hydrogens (primary N) is 1. The van der Waals surface area contributed by atoms with E-state index < -0.39 is 0 Å². The van der Waals surface area contributed by atoms with Crippen LogP contribution < -0.4 is 11.1 Å². The van der Waals surface area contributed by atoms with Gasteiger partial charge in [-0.3, -0.25) is 0 Å². The number of nitrogens with one attached hydrogen (secondary N) is 1. The van der Waals surface area contributed by atoms with Crippen molar-refractivity contribution in [3.8, 4) is 0 Å². The first-order valence-corrected chi connectivity index (χ1v) is 4.76. The fourth-order valence-corrected chi connectivity index (χ4v) is 2.16. The average Bonchev–Trinajstić information content (AvgIpc) is 2.52. The molecule has 1 fully saturated rings. The van der Waals surface area contributed by atoms with E-state index in [1.54, 1.807) is 0 Å². The maximum atomic E-state index is 5.53. The van der Waals surface area contributed by atoms with Crippen molar-refractivity contribution in [2.75, 3.05) is 13.6 Å². The van der Waals surface area contributed by atoms with Gasteiger partial charge in [0, 0.05) is 6.04 Å². The molecule has 0 bridgehead atoms. The van der Waals surface area contributed by atoms with E-state index >= 15 is 0 Å². The summed E-state index contributed by atoms with van der Waals surface area (Å²) in [7, 11) is 2.05. The number of rotatable bonds is 4. The van der Waals surface area contributed by atoms with E-state index in [4.69, 9.17) is 5.73 Å². The fourth-order valence-electron chi connectivity index (χ4n) is 2.16. The van der Waals surface area contributed by atoms with Gasteiger partial charge in [-0.25, -0.2) is 0 Å². The lowest BCUT2D eigenvalue weighted by atomic mass is 9.96. The van der Waals surface area contributed by atoms with Crippen LogP contribution in [0.3, 0.4) is 0 Å². The molecule has 1 saturated carbocycles. The largest absolute Gasteiger partial charge is 0.330 e. The van der Waals surface area contributed by atoms with E-state index in [-0.39, 0.29) is 0 Å². The zero-order valence-electron chi connectivity index (χ0n) is 7.47. The number of hydrogen-bond donors (Lipinski definition) is 2. The van der Waals surface area contributed by atoms with E-state index in [9.17, 15) is 0 Å². The minimum atomic E-state index is 0.683. The van der Waals surface area contributed by atoms with Crippen LogP contribution in [-0.4, -0.2) is 19.6 Å². The van der Waals surface area contributed by atoms with Crippen molar-refractivity contribution in [1.29, 1.82) is 0 Å². The third-order valence-electron chi connectivity index (χ3n) is 2.82. The summed E-state index contributed by atoms with van der Waals surface area (Å²) in [6, 6.07) is 0.683. The lowest BCUT2D eigenvalue weighted by Gasteiger charge is -2.21. The van der Waals surface area contributed by atoms with Gasteiger partial charge in [-0.05, 0) is 38.8 Å². The molecular formula is C9H20N2. The Morgan fingerprint density at radius 1 is 1.45 bits per heavy atom. The average molecular weight is 156 g/mol. The van der Waals surface area contributed by atoms with Crippen LogP contribution in [0.1, 0.15) is 32.1 Å². The van der Waals surface area contributed by atoms with Gasteiger partial charge in [0.2, 0.25) is 0 Å². The molecule has 11 heavy (non-hydrogen) atoms. The van der Waals surface area contributed by atoms with Gasteiger partial charge in [0.25, 0.3) is 0 Å². The molecule has 0 aromatic carbocycles. The molecule has 1 unspecified atom stereocenters. The van der Waals surface area contributed by atoms with Gasteiger partial charge in [0.05, 0.1) is 0 Å². The first-order valence-electron chi connectivity index (χ1n) is 4.76. The van der Waals surface area contributed by atoms with Crippen molar-refractivity contribution in [1.82, 2.24) is 5.32 Å². The van der Waals surface area contributed by atoms with Gasteiger partial charge in [-0.15, -0.1) is 0 Å². The Morgan fingerprint density at radius 2 is 2.09 bits per heavy atom. The van der Waals surface area contributed by atoms with Gasteiger partial charge in [0.15, 0.2) is 0 Å². The highest BCUT2D eigenvalue weighted by atomic mass is 14.9. The predicted molar refractivity (Wildman–Crippen MR) is 48.5 cm³/mol. The van der Waals surface area contributed by atoms with Crippen molar-refractivity contribution in [3.63, 3.8) is 0 Å². The van der Waals surface area contributed by atoms with Crippen LogP contribution >= 0.6 is 0 Å². The zero-order chi connectivity index (χ0) is 8.10. The van der Waals surface area contributed by atoms with Crippen molar-refractivity contribution >= 4 is 0 Å². The summed E-state index contributed by atoms with van der Waals surface area (Å²) in [4.78, 5) is 0. The van der Waals surface area contributed by atoms with Crippen LogP contribution in [0.15, 0.2) is 0 Å². The first-order chi connectivity index (χ1) is 5.38. The third-order valence-corrected chi connectivity index (χ3v) is 2.82. The van der Waals surface area contributed by atoms with Crippen molar-refractivity contribution in [2.45, 2.75) is 38.1 Å².